The van der Waals surface area contributed by atoms with Gasteiger partial charge in [0.1, 0.15) is 18.1 Å². The molecule has 27 heavy (non-hydrogen) atoms. The molecule has 0 aliphatic rings. The van der Waals surface area contributed by atoms with Crippen molar-refractivity contribution in [2.24, 2.45) is 0 Å². The van der Waals surface area contributed by atoms with Crippen LogP contribution >= 0.6 is 0 Å². The van der Waals surface area contributed by atoms with Gasteiger partial charge in [-0.1, -0.05) is 25.6 Å². The second-order valence-electron chi connectivity index (χ2n) is 6.50. The molecule has 5 heteroatoms. The minimum atomic E-state index is -0.152. The zero-order valence-corrected chi connectivity index (χ0v) is 16.2. The first-order chi connectivity index (χ1) is 13.0. The summed E-state index contributed by atoms with van der Waals surface area (Å²) in [6, 6.07) is 14.9. The molecule has 0 bridgehead atoms. The van der Waals surface area contributed by atoms with Crippen LogP contribution in [0, 0.1) is 0 Å². The van der Waals surface area contributed by atoms with E-state index >= 15 is 0 Å². The van der Waals surface area contributed by atoms with Crippen LogP contribution in [0.5, 0.6) is 11.5 Å². The zero-order valence-electron chi connectivity index (χ0n) is 16.2. The van der Waals surface area contributed by atoms with Crippen LogP contribution < -0.4 is 20.1 Å². The van der Waals surface area contributed by atoms with E-state index in [9.17, 15) is 4.79 Å². The third kappa shape index (κ3) is 7.05. The predicted octanol–water partition coefficient (Wildman–Crippen LogP) is 4.87. The molecular weight excluding hydrogens is 340 g/mol. The van der Waals surface area contributed by atoms with E-state index in [0.29, 0.717) is 18.0 Å². The van der Waals surface area contributed by atoms with Crippen LogP contribution in [0.25, 0.3) is 0 Å². The summed E-state index contributed by atoms with van der Waals surface area (Å²) in [6.07, 6.45) is 1.14. The van der Waals surface area contributed by atoms with Gasteiger partial charge in [-0.15, -0.1) is 0 Å². The van der Waals surface area contributed by atoms with E-state index in [1.165, 1.54) is 0 Å². The number of benzene rings is 2. The van der Waals surface area contributed by atoms with Crippen molar-refractivity contribution in [3.8, 4) is 11.5 Å². The number of carbonyl (C=O) groups is 1. The molecule has 0 heterocycles. The van der Waals surface area contributed by atoms with Gasteiger partial charge in [0.15, 0.2) is 0 Å². The Morgan fingerprint density at radius 3 is 2.52 bits per heavy atom. The molecule has 0 radical (unpaired) electrons. The summed E-state index contributed by atoms with van der Waals surface area (Å²) in [5, 5.41) is 5.98. The average Bonchev–Trinajstić information content (AvgIpc) is 2.66. The van der Waals surface area contributed by atoms with E-state index in [4.69, 9.17) is 9.47 Å². The van der Waals surface area contributed by atoms with Gasteiger partial charge in [0, 0.05) is 5.69 Å². The maximum Gasteiger partial charge on any atom is 0.243 e. The molecule has 0 saturated carbocycles. The zero-order chi connectivity index (χ0) is 19.6. The van der Waals surface area contributed by atoms with Gasteiger partial charge in [-0.2, -0.15) is 0 Å². The minimum Gasteiger partial charge on any atom is -0.491 e. The van der Waals surface area contributed by atoms with Crippen LogP contribution in [-0.2, 0) is 4.79 Å². The molecule has 0 aliphatic heterocycles. The normalized spacial score (nSPS) is 11.4. The number of ether oxygens (including phenoxy) is 2. The fourth-order valence-electron chi connectivity index (χ4n) is 2.24. The van der Waals surface area contributed by atoms with Crippen LogP contribution in [0.1, 0.15) is 27.2 Å². The van der Waals surface area contributed by atoms with Crippen LogP contribution in [0.4, 0.5) is 11.4 Å². The number of hydrogen-bond donors (Lipinski definition) is 2. The maximum absolute atomic E-state index is 12.3. The van der Waals surface area contributed by atoms with Gasteiger partial charge >= 0.3 is 0 Å². The Morgan fingerprint density at radius 2 is 1.85 bits per heavy atom. The predicted molar refractivity (Wildman–Crippen MR) is 111 cm³/mol. The Hall–Kier alpha value is -2.95. The second kappa shape index (κ2) is 10.3. The quantitative estimate of drug-likeness (QED) is 0.588. The molecule has 0 aromatic heterocycles. The molecule has 2 rings (SSSR count). The minimum absolute atomic E-state index is 0.152. The Morgan fingerprint density at radius 1 is 1.15 bits per heavy atom. The van der Waals surface area contributed by atoms with Crippen molar-refractivity contribution >= 4 is 17.3 Å². The molecule has 5 nitrogen and oxygen atoms in total. The van der Waals surface area contributed by atoms with Gasteiger partial charge in [0.25, 0.3) is 0 Å². The summed E-state index contributed by atoms with van der Waals surface area (Å²) in [4.78, 5) is 12.3. The average molecular weight is 368 g/mol. The van der Waals surface area contributed by atoms with Gasteiger partial charge in [-0.25, -0.2) is 0 Å². The number of para-hydroxylation sites is 2. The van der Waals surface area contributed by atoms with E-state index in [2.05, 4.69) is 24.1 Å². The Bertz CT molecular complexity index is 756. The van der Waals surface area contributed by atoms with E-state index in [-0.39, 0.29) is 18.6 Å². The van der Waals surface area contributed by atoms with Crippen molar-refractivity contribution in [1.82, 2.24) is 0 Å². The Labute approximate surface area is 161 Å². The highest BCUT2D eigenvalue weighted by atomic mass is 16.5. The van der Waals surface area contributed by atoms with Crippen molar-refractivity contribution in [2.45, 2.75) is 33.3 Å². The van der Waals surface area contributed by atoms with Crippen molar-refractivity contribution in [3.05, 3.63) is 60.7 Å². The SMILES string of the molecule is C=C(C)COc1ccccc1NC(=O)CNc1ccc(OC(C)CC)cc1. The lowest BCUT2D eigenvalue weighted by molar-refractivity contribution is -0.114. The molecule has 0 spiro atoms. The standard InChI is InChI=1S/C22H28N2O3/c1-5-17(4)27-19-12-10-18(11-13-19)23-14-22(25)24-20-8-6-7-9-21(20)26-15-16(2)3/h6-13,17,23H,2,5,14-15H2,1,3-4H3,(H,24,25). The Balaban J connectivity index is 1.87. The lowest BCUT2D eigenvalue weighted by atomic mass is 10.2. The molecule has 2 aromatic carbocycles. The van der Waals surface area contributed by atoms with E-state index < -0.39 is 0 Å². The lowest BCUT2D eigenvalue weighted by Gasteiger charge is -2.14. The number of nitrogens with one attached hydrogen (secondary N) is 2. The van der Waals surface area contributed by atoms with Crippen molar-refractivity contribution in [2.75, 3.05) is 23.8 Å². The van der Waals surface area contributed by atoms with Gasteiger partial charge in [0.05, 0.1) is 18.3 Å². The molecule has 1 amide bonds. The highest BCUT2D eigenvalue weighted by Gasteiger charge is 2.08. The van der Waals surface area contributed by atoms with E-state index in [1.807, 2.05) is 62.4 Å². The molecule has 1 atom stereocenters. The van der Waals surface area contributed by atoms with Crippen molar-refractivity contribution in [1.29, 1.82) is 0 Å². The highest BCUT2D eigenvalue weighted by molar-refractivity contribution is 5.95. The van der Waals surface area contributed by atoms with Gasteiger partial charge in [0.2, 0.25) is 5.91 Å². The topological polar surface area (TPSA) is 59.6 Å². The van der Waals surface area contributed by atoms with Crippen molar-refractivity contribution in [3.63, 3.8) is 0 Å². The van der Waals surface area contributed by atoms with E-state index in [0.717, 1.165) is 23.4 Å². The molecule has 0 saturated heterocycles. The van der Waals surface area contributed by atoms with Crippen LogP contribution in [0.3, 0.4) is 0 Å². The third-order valence-corrected chi connectivity index (χ3v) is 3.85. The fourth-order valence-corrected chi connectivity index (χ4v) is 2.24. The molecule has 0 aliphatic carbocycles. The number of carbonyl (C=O) groups excluding carboxylic acids is 1. The fraction of sp³-hybridized carbons (Fsp3) is 0.318. The summed E-state index contributed by atoms with van der Waals surface area (Å²) in [5.74, 6) is 1.30. The van der Waals surface area contributed by atoms with Crippen LogP contribution in [0.15, 0.2) is 60.7 Å². The first-order valence-electron chi connectivity index (χ1n) is 9.14. The summed E-state index contributed by atoms with van der Waals surface area (Å²) in [7, 11) is 0. The summed E-state index contributed by atoms with van der Waals surface area (Å²) in [5.41, 5.74) is 2.41. The molecule has 2 N–H and O–H groups in total. The van der Waals surface area contributed by atoms with Gasteiger partial charge < -0.3 is 20.1 Å². The first-order valence-corrected chi connectivity index (χ1v) is 9.14. The largest absolute Gasteiger partial charge is 0.491 e. The number of rotatable bonds is 10. The highest BCUT2D eigenvalue weighted by Crippen LogP contribution is 2.24. The first kappa shape index (κ1) is 20.4. The summed E-state index contributed by atoms with van der Waals surface area (Å²) >= 11 is 0. The van der Waals surface area contributed by atoms with E-state index in [1.54, 1.807) is 0 Å². The monoisotopic (exact) mass is 368 g/mol. The molecule has 1 unspecified atom stereocenters. The molecular formula is C22H28N2O3. The number of anilines is 2. The molecule has 0 fully saturated rings. The summed E-state index contributed by atoms with van der Waals surface area (Å²) in [6.45, 7) is 10.4. The second-order valence-corrected chi connectivity index (χ2v) is 6.50. The van der Waals surface area contributed by atoms with Crippen molar-refractivity contribution < 1.29 is 14.3 Å². The molecule has 144 valence electrons. The number of hydrogen-bond acceptors (Lipinski definition) is 4. The number of amides is 1. The maximum atomic E-state index is 12.3. The smallest absolute Gasteiger partial charge is 0.243 e. The summed E-state index contributed by atoms with van der Waals surface area (Å²) < 4.78 is 11.4. The third-order valence-electron chi connectivity index (χ3n) is 3.85. The lowest BCUT2D eigenvalue weighted by Crippen LogP contribution is -2.22. The van der Waals surface area contributed by atoms with Crippen LogP contribution in [-0.4, -0.2) is 25.2 Å². The Kier molecular flexibility index (Phi) is 7.74. The van der Waals surface area contributed by atoms with Crippen LogP contribution in [0.2, 0.25) is 0 Å². The van der Waals surface area contributed by atoms with Gasteiger partial charge in [-0.3, -0.25) is 4.79 Å². The molecule has 2 aromatic rings. The van der Waals surface area contributed by atoms with Gasteiger partial charge in [-0.05, 0) is 62.2 Å².